The normalized spacial score (nSPS) is 11.1. The first-order valence-corrected chi connectivity index (χ1v) is 9.85. The molecule has 4 rings (SSSR count). The second-order valence-corrected chi connectivity index (χ2v) is 7.66. The minimum Gasteiger partial charge on any atom is -0.331 e. The van der Waals surface area contributed by atoms with Crippen molar-refractivity contribution in [1.29, 1.82) is 0 Å². The van der Waals surface area contributed by atoms with Crippen LogP contribution in [0, 0.1) is 4.77 Å². The number of aromatic amines is 1. The van der Waals surface area contributed by atoms with Crippen molar-refractivity contribution in [3.05, 3.63) is 110 Å². The topological polar surface area (TPSA) is 54.9 Å². The Morgan fingerprint density at radius 3 is 2.07 bits per heavy atom. The Morgan fingerprint density at radius 1 is 0.929 bits per heavy atom. The van der Waals surface area contributed by atoms with E-state index in [1.165, 1.54) is 0 Å². The maximum atomic E-state index is 13.6. The minimum absolute atomic E-state index is 0.0849. The van der Waals surface area contributed by atoms with E-state index in [2.05, 4.69) is 20.9 Å². The van der Waals surface area contributed by atoms with Gasteiger partial charge in [-0.05, 0) is 41.5 Å². The van der Waals surface area contributed by atoms with Crippen LogP contribution in [0.1, 0.15) is 21.8 Å². The van der Waals surface area contributed by atoms with Crippen molar-refractivity contribution in [2.45, 2.75) is 5.92 Å². The van der Waals surface area contributed by atoms with E-state index in [-0.39, 0.29) is 10.7 Å². The molecule has 1 heterocycles. The van der Waals surface area contributed by atoms with Gasteiger partial charge < -0.3 is 4.98 Å². The molecule has 1 aromatic heterocycles. The second-order valence-electron chi connectivity index (χ2n) is 6.35. The van der Waals surface area contributed by atoms with Crippen molar-refractivity contribution in [3.63, 3.8) is 0 Å². The van der Waals surface area contributed by atoms with E-state index in [9.17, 15) is 9.59 Å². The number of rotatable bonds is 3. The smallest absolute Gasteiger partial charge is 0.269 e. The fraction of sp³-hybridized carbons (Fsp3) is 0.0455. The standard InChI is InChI=1S/C22H15BrN2O2S/c23-16-11-12-18-17(13-16)20(26)25(22(28)24-18)21(27)19(14-7-3-1-4-8-14)15-9-5-2-6-10-15/h1-13,19H,(H,24,28). The van der Waals surface area contributed by atoms with Crippen LogP contribution in [0.25, 0.3) is 10.9 Å². The molecule has 0 aliphatic rings. The van der Waals surface area contributed by atoms with Crippen molar-refractivity contribution >= 4 is 45.0 Å². The summed E-state index contributed by atoms with van der Waals surface area (Å²) < 4.78 is 1.90. The van der Waals surface area contributed by atoms with Crippen LogP contribution in [0.2, 0.25) is 0 Å². The van der Waals surface area contributed by atoms with Crippen LogP contribution in [0.4, 0.5) is 0 Å². The Labute approximate surface area is 174 Å². The lowest BCUT2D eigenvalue weighted by Crippen LogP contribution is -2.32. The van der Waals surface area contributed by atoms with Crippen LogP contribution in [-0.4, -0.2) is 15.5 Å². The molecule has 28 heavy (non-hydrogen) atoms. The van der Waals surface area contributed by atoms with Gasteiger partial charge in [0, 0.05) is 4.47 Å². The third-order valence-corrected chi connectivity index (χ3v) is 5.37. The van der Waals surface area contributed by atoms with Gasteiger partial charge in [0.2, 0.25) is 5.91 Å². The molecule has 0 unspecified atom stereocenters. The van der Waals surface area contributed by atoms with Gasteiger partial charge in [-0.15, -0.1) is 0 Å². The van der Waals surface area contributed by atoms with Crippen molar-refractivity contribution < 1.29 is 4.79 Å². The van der Waals surface area contributed by atoms with Gasteiger partial charge in [0.05, 0.1) is 16.8 Å². The first kappa shape index (κ1) is 18.5. The number of carbonyl (C=O) groups excluding carboxylic acids is 1. The third kappa shape index (κ3) is 3.37. The van der Waals surface area contributed by atoms with E-state index in [4.69, 9.17) is 12.2 Å². The number of nitrogens with one attached hydrogen (secondary N) is 1. The maximum Gasteiger partial charge on any atom is 0.269 e. The van der Waals surface area contributed by atoms with Crippen LogP contribution >= 0.6 is 28.1 Å². The number of H-pyrrole nitrogens is 1. The maximum absolute atomic E-state index is 13.6. The molecule has 138 valence electrons. The highest BCUT2D eigenvalue weighted by Gasteiger charge is 2.26. The molecule has 0 amide bonds. The van der Waals surface area contributed by atoms with Gasteiger partial charge >= 0.3 is 0 Å². The largest absolute Gasteiger partial charge is 0.331 e. The SMILES string of the molecule is O=C(C(c1ccccc1)c1ccccc1)n1c(=S)[nH]c2ccc(Br)cc2c1=O. The molecular formula is C22H15BrN2O2S. The van der Waals surface area contributed by atoms with Crippen molar-refractivity contribution in [1.82, 2.24) is 9.55 Å². The summed E-state index contributed by atoms with van der Waals surface area (Å²) in [5, 5.41) is 0.399. The molecule has 0 saturated heterocycles. The van der Waals surface area contributed by atoms with Crippen molar-refractivity contribution in [2.24, 2.45) is 0 Å². The molecule has 0 saturated carbocycles. The molecule has 1 N–H and O–H groups in total. The van der Waals surface area contributed by atoms with E-state index in [1.807, 2.05) is 66.7 Å². The number of benzene rings is 3. The summed E-state index contributed by atoms with van der Waals surface area (Å²) in [4.78, 5) is 29.7. The molecule has 0 fully saturated rings. The first-order valence-electron chi connectivity index (χ1n) is 8.65. The summed E-state index contributed by atoms with van der Waals surface area (Å²) in [5.41, 5.74) is 1.77. The molecule has 0 atom stereocenters. The van der Waals surface area contributed by atoms with Gasteiger partial charge in [-0.2, -0.15) is 0 Å². The van der Waals surface area contributed by atoms with Crippen LogP contribution in [0.15, 0.2) is 88.1 Å². The molecular weight excluding hydrogens is 436 g/mol. The van der Waals surface area contributed by atoms with Gasteiger partial charge in [0.25, 0.3) is 5.56 Å². The zero-order valence-corrected chi connectivity index (χ0v) is 17.0. The van der Waals surface area contributed by atoms with Crippen LogP contribution in [0.3, 0.4) is 0 Å². The Balaban J connectivity index is 1.96. The average Bonchev–Trinajstić information content (AvgIpc) is 2.70. The van der Waals surface area contributed by atoms with Gasteiger partial charge in [0.15, 0.2) is 4.77 Å². The lowest BCUT2D eigenvalue weighted by Gasteiger charge is -2.18. The van der Waals surface area contributed by atoms with Crippen molar-refractivity contribution in [2.75, 3.05) is 0 Å². The summed E-state index contributed by atoms with van der Waals surface area (Å²) in [6, 6.07) is 24.1. The van der Waals surface area contributed by atoms with Crippen LogP contribution in [0.5, 0.6) is 0 Å². The summed E-state index contributed by atoms with van der Waals surface area (Å²) >= 11 is 8.75. The monoisotopic (exact) mass is 450 g/mol. The fourth-order valence-corrected chi connectivity index (χ4v) is 3.93. The molecule has 0 aliphatic heterocycles. The molecule has 0 bridgehead atoms. The fourth-order valence-electron chi connectivity index (χ4n) is 3.28. The van der Waals surface area contributed by atoms with E-state index in [1.54, 1.807) is 12.1 Å². The van der Waals surface area contributed by atoms with Crippen molar-refractivity contribution in [3.8, 4) is 0 Å². The highest BCUT2D eigenvalue weighted by molar-refractivity contribution is 9.10. The predicted molar refractivity (Wildman–Crippen MR) is 116 cm³/mol. The predicted octanol–water partition coefficient (Wildman–Crippen LogP) is 5.29. The number of fused-ring (bicyclic) bond motifs is 1. The number of hydrogen-bond donors (Lipinski definition) is 1. The van der Waals surface area contributed by atoms with Gasteiger partial charge in [-0.25, -0.2) is 4.57 Å². The molecule has 0 radical (unpaired) electrons. The highest BCUT2D eigenvalue weighted by atomic mass is 79.9. The summed E-state index contributed by atoms with van der Waals surface area (Å²) in [6.45, 7) is 0. The summed E-state index contributed by atoms with van der Waals surface area (Å²) in [5.74, 6) is -1.02. The molecule has 4 aromatic rings. The summed E-state index contributed by atoms with van der Waals surface area (Å²) in [6.07, 6.45) is 0. The van der Waals surface area contributed by atoms with Gasteiger partial charge in [-0.3, -0.25) is 9.59 Å². The average molecular weight is 451 g/mol. The van der Waals surface area contributed by atoms with Crippen LogP contribution in [-0.2, 0) is 0 Å². The Hall–Kier alpha value is -2.83. The quantitative estimate of drug-likeness (QED) is 0.431. The van der Waals surface area contributed by atoms with E-state index >= 15 is 0 Å². The molecule has 3 aromatic carbocycles. The lowest BCUT2D eigenvalue weighted by atomic mass is 9.90. The number of hydrogen-bond acceptors (Lipinski definition) is 3. The molecule has 0 spiro atoms. The van der Waals surface area contributed by atoms with E-state index in [0.29, 0.717) is 10.9 Å². The zero-order valence-electron chi connectivity index (χ0n) is 14.6. The number of nitrogens with zero attached hydrogens (tertiary/aromatic N) is 1. The molecule has 0 aliphatic carbocycles. The third-order valence-electron chi connectivity index (χ3n) is 4.59. The molecule has 6 heteroatoms. The molecule has 4 nitrogen and oxygen atoms in total. The van der Waals surface area contributed by atoms with Gasteiger partial charge in [-0.1, -0.05) is 76.6 Å². The second kappa shape index (κ2) is 7.66. The first-order chi connectivity index (χ1) is 13.6. The lowest BCUT2D eigenvalue weighted by molar-refractivity contribution is 0.0886. The number of carbonyl (C=O) groups is 1. The summed E-state index contributed by atoms with van der Waals surface area (Å²) in [7, 11) is 0. The van der Waals surface area contributed by atoms with Gasteiger partial charge in [0.1, 0.15) is 0 Å². The Kier molecular flexibility index (Phi) is 5.07. The van der Waals surface area contributed by atoms with Crippen LogP contribution < -0.4 is 5.56 Å². The minimum atomic E-state index is -0.639. The number of halogens is 1. The van der Waals surface area contributed by atoms with E-state index < -0.39 is 11.5 Å². The highest BCUT2D eigenvalue weighted by Crippen LogP contribution is 2.26. The Bertz CT molecular complexity index is 1240. The zero-order chi connectivity index (χ0) is 19.7. The van der Waals surface area contributed by atoms with E-state index in [0.717, 1.165) is 20.2 Å². The number of aromatic nitrogens is 2. The Morgan fingerprint density at radius 2 is 1.50 bits per heavy atom.